The van der Waals surface area contributed by atoms with Crippen LogP contribution in [0.2, 0.25) is 0 Å². The standard InChI is InChI=1S/C10H13NOS/c1-7(2)10(12)8-4-5-9(13-3)11-6-8/h4-7H,1-3H3. The van der Waals surface area contributed by atoms with Gasteiger partial charge in [0.1, 0.15) is 0 Å². The van der Waals surface area contributed by atoms with Gasteiger partial charge in [-0.15, -0.1) is 11.8 Å². The van der Waals surface area contributed by atoms with Gasteiger partial charge in [0.05, 0.1) is 5.03 Å². The Kier molecular flexibility index (Phi) is 3.48. The van der Waals surface area contributed by atoms with Crippen molar-refractivity contribution in [1.82, 2.24) is 4.98 Å². The molecule has 0 aliphatic heterocycles. The minimum absolute atomic E-state index is 0.0435. The second kappa shape index (κ2) is 4.42. The zero-order chi connectivity index (χ0) is 9.84. The Balaban J connectivity index is 2.86. The minimum atomic E-state index is 0.0435. The van der Waals surface area contributed by atoms with Crippen molar-refractivity contribution in [3.8, 4) is 0 Å². The lowest BCUT2D eigenvalue weighted by Crippen LogP contribution is -2.07. The molecule has 0 N–H and O–H groups in total. The molecule has 0 unspecified atom stereocenters. The van der Waals surface area contributed by atoms with Crippen molar-refractivity contribution in [2.75, 3.05) is 6.26 Å². The molecular weight excluding hydrogens is 182 g/mol. The molecule has 1 rings (SSSR count). The van der Waals surface area contributed by atoms with E-state index in [2.05, 4.69) is 4.98 Å². The maximum atomic E-state index is 11.5. The van der Waals surface area contributed by atoms with Gasteiger partial charge in [0.15, 0.2) is 5.78 Å². The van der Waals surface area contributed by atoms with Crippen molar-refractivity contribution in [3.05, 3.63) is 23.9 Å². The summed E-state index contributed by atoms with van der Waals surface area (Å²) in [5.74, 6) is 0.196. The highest BCUT2D eigenvalue weighted by atomic mass is 32.2. The molecule has 0 amide bonds. The van der Waals surface area contributed by atoms with E-state index in [1.165, 1.54) is 0 Å². The summed E-state index contributed by atoms with van der Waals surface area (Å²) in [6, 6.07) is 3.71. The van der Waals surface area contributed by atoms with Gasteiger partial charge in [-0.05, 0) is 18.4 Å². The number of nitrogens with zero attached hydrogens (tertiary/aromatic N) is 1. The van der Waals surface area contributed by atoms with E-state index in [9.17, 15) is 4.79 Å². The van der Waals surface area contributed by atoms with Crippen molar-refractivity contribution in [2.45, 2.75) is 18.9 Å². The van der Waals surface area contributed by atoms with Gasteiger partial charge in [-0.3, -0.25) is 4.79 Å². The van der Waals surface area contributed by atoms with Gasteiger partial charge in [0.2, 0.25) is 0 Å². The molecule has 0 saturated carbocycles. The van der Waals surface area contributed by atoms with Crippen molar-refractivity contribution >= 4 is 17.5 Å². The summed E-state index contributed by atoms with van der Waals surface area (Å²) < 4.78 is 0. The fraction of sp³-hybridized carbons (Fsp3) is 0.400. The molecular formula is C10H13NOS. The number of carbonyl (C=O) groups is 1. The van der Waals surface area contributed by atoms with Gasteiger partial charge in [-0.1, -0.05) is 13.8 Å². The highest BCUT2D eigenvalue weighted by molar-refractivity contribution is 7.98. The number of rotatable bonds is 3. The first-order valence-electron chi connectivity index (χ1n) is 4.19. The molecule has 0 aliphatic carbocycles. The predicted octanol–water partition coefficient (Wildman–Crippen LogP) is 2.64. The molecule has 0 saturated heterocycles. The second-order valence-corrected chi connectivity index (χ2v) is 3.93. The molecule has 2 nitrogen and oxygen atoms in total. The van der Waals surface area contributed by atoms with E-state index in [4.69, 9.17) is 0 Å². The van der Waals surface area contributed by atoms with Crippen LogP contribution < -0.4 is 0 Å². The number of Topliss-reactive ketones (excluding diaryl/α,β-unsaturated/α-hetero) is 1. The first-order valence-corrected chi connectivity index (χ1v) is 5.42. The molecule has 0 bridgehead atoms. The molecule has 1 aromatic heterocycles. The van der Waals surface area contributed by atoms with E-state index in [1.54, 1.807) is 18.0 Å². The highest BCUT2D eigenvalue weighted by Crippen LogP contribution is 2.13. The smallest absolute Gasteiger partial charge is 0.166 e. The average Bonchev–Trinajstić information content (AvgIpc) is 2.17. The van der Waals surface area contributed by atoms with E-state index in [-0.39, 0.29) is 11.7 Å². The van der Waals surface area contributed by atoms with Crippen LogP contribution in [0.1, 0.15) is 24.2 Å². The molecule has 0 aliphatic rings. The van der Waals surface area contributed by atoms with E-state index < -0.39 is 0 Å². The quantitative estimate of drug-likeness (QED) is 0.548. The number of carbonyl (C=O) groups excluding carboxylic acids is 1. The fourth-order valence-electron chi connectivity index (χ4n) is 0.980. The Labute approximate surface area is 82.8 Å². The summed E-state index contributed by atoms with van der Waals surface area (Å²) in [5, 5.41) is 0.945. The Bertz CT molecular complexity index is 292. The van der Waals surface area contributed by atoms with Crippen LogP contribution in [0.3, 0.4) is 0 Å². The summed E-state index contributed by atoms with van der Waals surface area (Å²) in [5.41, 5.74) is 0.702. The third kappa shape index (κ3) is 2.56. The number of thioether (sulfide) groups is 1. The van der Waals surface area contributed by atoms with Crippen LogP contribution in [-0.2, 0) is 0 Å². The van der Waals surface area contributed by atoms with Crippen molar-refractivity contribution in [2.24, 2.45) is 5.92 Å². The third-order valence-corrected chi connectivity index (χ3v) is 2.41. The predicted molar refractivity (Wildman–Crippen MR) is 55.2 cm³/mol. The first kappa shape index (κ1) is 10.3. The first-order chi connectivity index (χ1) is 6.15. The third-order valence-electron chi connectivity index (χ3n) is 1.75. The van der Waals surface area contributed by atoms with Crippen molar-refractivity contribution < 1.29 is 4.79 Å². The average molecular weight is 195 g/mol. The topological polar surface area (TPSA) is 30.0 Å². The molecule has 0 atom stereocenters. The Hall–Kier alpha value is -0.830. The van der Waals surface area contributed by atoms with E-state index in [0.29, 0.717) is 5.56 Å². The summed E-state index contributed by atoms with van der Waals surface area (Å²) in [6.07, 6.45) is 3.61. The van der Waals surface area contributed by atoms with Gasteiger partial charge in [-0.25, -0.2) is 4.98 Å². The van der Waals surface area contributed by atoms with Crippen LogP contribution in [0.25, 0.3) is 0 Å². The number of ketones is 1. The van der Waals surface area contributed by atoms with Crippen LogP contribution >= 0.6 is 11.8 Å². The number of hydrogen-bond acceptors (Lipinski definition) is 3. The minimum Gasteiger partial charge on any atom is -0.294 e. The molecule has 1 aromatic rings. The zero-order valence-corrected chi connectivity index (χ0v) is 8.89. The maximum Gasteiger partial charge on any atom is 0.166 e. The molecule has 0 fully saturated rings. The lowest BCUT2D eigenvalue weighted by atomic mass is 10.0. The maximum absolute atomic E-state index is 11.5. The molecule has 13 heavy (non-hydrogen) atoms. The normalized spacial score (nSPS) is 10.5. The number of hydrogen-bond donors (Lipinski definition) is 0. The molecule has 3 heteroatoms. The number of pyridine rings is 1. The van der Waals surface area contributed by atoms with Crippen LogP contribution in [0.5, 0.6) is 0 Å². The number of aromatic nitrogens is 1. The van der Waals surface area contributed by atoms with E-state index in [1.807, 2.05) is 32.2 Å². The van der Waals surface area contributed by atoms with Crippen LogP contribution in [0.15, 0.2) is 23.4 Å². The van der Waals surface area contributed by atoms with Gasteiger partial charge in [-0.2, -0.15) is 0 Å². The molecule has 1 heterocycles. The Morgan fingerprint density at radius 2 is 2.15 bits per heavy atom. The van der Waals surface area contributed by atoms with Crippen LogP contribution in [0.4, 0.5) is 0 Å². The SMILES string of the molecule is CSc1ccc(C(=O)C(C)C)cn1. The van der Waals surface area contributed by atoms with E-state index in [0.717, 1.165) is 5.03 Å². The van der Waals surface area contributed by atoms with Gasteiger partial charge in [0, 0.05) is 17.7 Å². The van der Waals surface area contributed by atoms with Crippen molar-refractivity contribution in [1.29, 1.82) is 0 Å². The van der Waals surface area contributed by atoms with Crippen LogP contribution in [0, 0.1) is 5.92 Å². The molecule has 0 spiro atoms. The van der Waals surface area contributed by atoms with Gasteiger partial charge in [0.25, 0.3) is 0 Å². The Morgan fingerprint density at radius 3 is 2.54 bits per heavy atom. The van der Waals surface area contributed by atoms with Crippen molar-refractivity contribution in [3.63, 3.8) is 0 Å². The fourth-order valence-corrected chi connectivity index (χ4v) is 1.34. The Morgan fingerprint density at radius 1 is 1.46 bits per heavy atom. The lowest BCUT2D eigenvalue weighted by molar-refractivity contribution is 0.0939. The van der Waals surface area contributed by atoms with Crippen LogP contribution in [-0.4, -0.2) is 17.0 Å². The molecule has 70 valence electrons. The highest BCUT2D eigenvalue weighted by Gasteiger charge is 2.09. The van der Waals surface area contributed by atoms with Gasteiger partial charge < -0.3 is 0 Å². The molecule has 0 aromatic carbocycles. The van der Waals surface area contributed by atoms with Gasteiger partial charge >= 0.3 is 0 Å². The summed E-state index contributed by atoms with van der Waals surface area (Å²) >= 11 is 1.58. The monoisotopic (exact) mass is 195 g/mol. The lowest BCUT2D eigenvalue weighted by Gasteiger charge is -2.03. The summed E-state index contributed by atoms with van der Waals surface area (Å²) in [6.45, 7) is 3.79. The summed E-state index contributed by atoms with van der Waals surface area (Å²) in [7, 11) is 0. The zero-order valence-electron chi connectivity index (χ0n) is 8.07. The second-order valence-electron chi connectivity index (χ2n) is 3.11. The largest absolute Gasteiger partial charge is 0.294 e. The molecule has 0 radical (unpaired) electrons. The summed E-state index contributed by atoms with van der Waals surface area (Å²) in [4.78, 5) is 15.6. The van der Waals surface area contributed by atoms with E-state index >= 15 is 0 Å².